The molecule has 1 heterocycles. The summed E-state index contributed by atoms with van der Waals surface area (Å²) in [7, 11) is 0. The Morgan fingerprint density at radius 1 is 0.433 bits per heavy atom. The number of aliphatic hydroxyl groups excluding tert-OH is 5. The van der Waals surface area contributed by atoms with Crippen molar-refractivity contribution >= 4 is 11.9 Å². The Bertz CT molecular complexity index is 1700. The van der Waals surface area contributed by atoms with E-state index in [-0.39, 0.29) is 13.0 Å². The zero-order valence-corrected chi connectivity index (χ0v) is 58.8. The Morgan fingerprint density at radius 2 is 0.767 bits per heavy atom. The number of unbranched alkanes of at least 4 members (excludes halogenated alkanes) is 45. The standard InChI is InChI=1S/C79H145NO10/c1-4-7-10-13-16-19-22-25-27-29-31-33-35-36-37-38-39-41-43-45-47-49-52-55-58-61-64-67-74(84)90-77-76(86)75(85)73(68-81)89-79(77)88-69-70(71(82)65-62-59-56-53-50-24-21-18-15-12-9-6-3)80-78(87)72(83)66-63-60-57-54-51-48-46-44-42-40-34-32-30-28-26-23-20-17-14-11-8-5-2/h16,19,25,27,31,33,36-37,62,65,70-73,75-77,79,81-83,85-86H,4-15,17-18,20-24,26,28-30,32,34-35,38-61,63-64,66-69H2,1-3H3,(H,80,87)/b19-16-,27-25-,33-31-,37-36-,65-62+. The largest absolute Gasteiger partial charge is 0.454 e. The summed E-state index contributed by atoms with van der Waals surface area (Å²) in [5.41, 5.74) is 0. The lowest BCUT2D eigenvalue weighted by molar-refractivity contribution is -0.305. The second-order valence-corrected chi connectivity index (χ2v) is 26.7. The quantitative estimate of drug-likeness (QED) is 0.0195. The van der Waals surface area contributed by atoms with E-state index < -0.39 is 67.4 Å². The van der Waals surface area contributed by atoms with Gasteiger partial charge in [-0.15, -0.1) is 0 Å². The molecule has 1 aliphatic rings. The van der Waals surface area contributed by atoms with Crippen molar-refractivity contribution in [2.75, 3.05) is 13.2 Å². The van der Waals surface area contributed by atoms with E-state index in [1.54, 1.807) is 6.08 Å². The van der Waals surface area contributed by atoms with E-state index in [1.807, 2.05) is 6.08 Å². The monoisotopic (exact) mass is 1270 g/mol. The zero-order valence-electron chi connectivity index (χ0n) is 58.8. The number of carbonyl (C=O) groups is 2. The van der Waals surface area contributed by atoms with Crippen molar-refractivity contribution in [1.82, 2.24) is 5.32 Å². The molecule has 0 saturated carbocycles. The lowest BCUT2D eigenvalue weighted by Gasteiger charge is -2.41. The lowest BCUT2D eigenvalue weighted by atomic mass is 9.99. The molecule has 8 atom stereocenters. The normalized spacial score (nSPS) is 18.3. The van der Waals surface area contributed by atoms with Gasteiger partial charge in [-0.2, -0.15) is 0 Å². The summed E-state index contributed by atoms with van der Waals surface area (Å²) in [5, 5.41) is 57.4. The van der Waals surface area contributed by atoms with Crippen molar-refractivity contribution < 1.29 is 49.3 Å². The third kappa shape index (κ3) is 52.7. The maximum atomic E-state index is 13.5. The van der Waals surface area contributed by atoms with Crippen LogP contribution in [0.1, 0.15) is 367 Å². The molecule has 0 aliphatic carbocycles. The Kier molecular flexibility index (Phi) is 63.0. The van der Waals surface area contributed by atoms with Gasteiger partial charge in [0, 0.05) is 6.42 Å². The zero-order chi connectivity index (χ0) is 65.3. The number of hydrogen-bond acceptors (Lipinski definition) is 10. The fourth-order valence-corrected chi connectivity index (χ4v) is 12.1. The van der Waals surface area contributed by atoms with Crippen LogP contribution in [0, 0.1) is 0 Å². The van der Waals surface area contributed by atoms with E-state index >= 15 is 0 Å². The highest BCUT2D eigenvalue weighted by Gasteiger charge is 2.47. The van der Waals surface area contributed by atoms with Crippen LogP contribution in [-0.2, 0) is 23.8 Å². The molecule has 6 N–H and O–H groups in total. The number of nitrogens with one attached hydrogen (secondary N) is 1. The molecule has 526 valence electrons. The Morgan fingerprint density at radius 3 is 1.17 bits per heavy atom. The number of allylic oxidation sites excluding steroid dienone is 9. The summed E-state index contributed by atoms with van der Waals surface area (Å²) in [6.45, 7) is 5.82. The molecular weight excluding hydrogens is 1120 g/mol. The van der Waals surface area contributed by atoms with Crippen LogP contribution >= 0.6 is 0 Å². The molecule has 8 unspecified atom stereocenters. The van der Waals surface area contributed by atoms with Gasteiger partial charge in [0.15, 0.2) is 12.4 Å². The van der Waals surface area contributed by atoms with Crippen LogP contribution in [0.3, 0.4) is 0 Å². The topological polar surface area (TPSA) is 175 Å². The molecule has 0 aromatic carbocycles. The highest BCUT2D eigenvalue weighted by Crippen LogP contribution is 2.27. The average molecular weight is 1270 g/mol. The molecule has 0 aromatic rings. The van der Waals surface area contributed by atoms with Gasteiger partial charge >= 0.3 is 5.97 Å². The molecule has 11 heteroatoms. The van der Waals surface area contributed by atoms with Crippen molar-refractivity contribution in [2.24, 2.45) is 0 Å². The van der Waals surface area contributed by atoms with Gasteiger partial charge in [0.1, 0.15) is 24.4 Å². The first-order valence-corrected chi connectivity index (χ1v) is 38.6. The minimum absolute atomic E-state index is 0.120. The van der Waals surface area contributed by atoms with Crippen molar-refractivity contribution in [2.45, 2.75) is 416 Å². The van der Waals surface area contributed by atoms with Crippen LogP contribution < -0.4 is 5.32 Å². The van der Waals surface area contributed by atoms with Crippen LogP contribution in [-0.4, -0.2) is 99.6 Å². The number of esters is 1. The van der Waals surface area contributed by atoms with Gasteiger partial charge in [-0.3, -0.25) is 9.59 Å². The van der Waals surface area contributed by atoms with Crippen molar-refractivity contribution in [1.29, 1.82) is 0 Å². The summed E-state index contributed by atoms with van der Waals surface area (Å²) in [6, 6.07) is -1.02. The number of aliphatic hydroxyl groups is 5. The molecular formula is C79H145NO10. The fourth-order valence-electron chi connectivity index (χ4n) is 12.1. The smallest absolute Gasteiger partial charge is 0.306 e. The number of ether oxygens (including phenoxy) is 3. The number of carbonyl (C=O) groups excluding carboxylic acids is 2. The third-order valence-corrected chi connectivity index (χ3v) is 18.2. The van der Waals surface area contributed by atoms with Gasteiger partial charge in [0.05, 0.1) is 25.4 Å². The summed E-state index contributed by atoms with van der Waals surface area (Å²) in [5.74, 6) is -1.18. The van der Waals surface area contributed by atoms with E-state index in [0.717, 1.165) is 83.5 Å². The van der Waals surface area contributed by atoms with E-state index in [2.05, 4.69) is 74.7 Å². The maximum absolute atomic E-state index is 13.5. The molecule has 0 radical (unpaired) electrons. The highest BCUT2D eigenvalue weighted by atomic mass is 16.7. The highest BCUT2D eigenvalue weighted by molar-refractivity contribution is 5.80. The van der Waals surface area contributed by atoms with Crippen LogP contribution in [0.4, 0.5) is 0 Å². The predicted octanol–water partition coefficient (Wildman–Crippen LogP) is 20.5. The summed E-state index contributed by atoms with van der Waals surface area (Å²) in [6.07, 6.45) is 75.5. The van der Waals surface area contributed by atoms with Crippen molar-refractivity contribution in [3.05, 3.63) is 60.8 Å². The predicted molar refractivity (Wildman–Crippen MR) is 380 cm³/mol. The average Bonchev–Trinajstić information content (AvgIpc) is 3.71. The molecule has 11 nitrogen and oxygen atoms in total. The summed E-state index contributed by atoms with van der Waals surface area (Å²) in [4.78, 5) is 26.7. The molecule has 1 fully saturated rings. The molecule has 0 aromatic heterocycles. The maximum Gasteiger partial charge on any atom is 0.306 e. The van der Waals surface area contributed by atoms with Gasteiger partial charge in [-0.05, 0) is 70.6 Å². The molecule has 1 amide bonds. The van der Waals surface area contributed by atoms with E-state index in [0.29, 0.717) is 19.3 Å². The summed E-state index contributed by atoms with van der Waals surface area (Å²) >= 11 is 0. The van der Waals surface area contributed by atoms with Gasteiger partial charge in [0.25, 0.3) is 0 Å². The minimum atomic E-state index is -1.62. The Hall–Kier alpha value is -2.64. The first-order valence-electron chi connectivity index (χ1n) is 38.6. The van der Waals surface area contributed by atoms with Gasteiger partial charge in [0.2, 0.25) is 5.91 Å². The molecule has 1 rings (SSSR count). The molecule has 90 heavy (non-hydrogen) atoms. The van der Waals surface area contributed by atoms with Crippen molar-refractivity contribution in [3.8, 4) is 0 Å². The van der Waals surface area contributed by atoms with Crippen LogP contribution in [0.2, 0.25) is 0 Å². The van der Waals surface area contributed by atoms with Crippen LogP contribution in [0.5, 0.6) is 0 Å². The fraction of sp³-hybridized carbons (Fsp3) is 0.848. The molecule has 1 aliphatic heterocycles. The Labute approximate surface area is 554 Å². The van der Waals surface area contributed by atoms with Gasteiger partial charge in [-0.25, -0.2) is 0 Å². The first-order chi connectivity index (χ1) is 44.2. The van der Waals surface area contributed by atoms with Crippen LogP contribution in [0.15, 0.2) is 60.8 Å². The Balaban J connectivity index is 2.51. The molecule has 0 spiro atoms. The minimum Gasteiger partial charge on any atom is -0.454 e. The number of rotatable bonds is 67. The van der Waals surface area contributed by atoms with Gasteiger partial charge < -0.3 is 45.1 Å². The number of amides is 1. The third-order valence-electron chi connectivity index (χ3n) is 18.2. The van der Waals surface area contributed by atoms with E-state index in [4.69, 9.17) is 14.2 Å². The van der Waals surface area contributed by atoms with E-state index in [1.165, 1.54) is 238 Å². The first kappa shape index (κ1) is 85.4. The van der Waals surface area contributed by atoms with E-state index in [9.17, 15) is 35.1 Å². The second-order valence-electron chi connectivity index (χ2n) is 26.7. The summed E-state index contributed by atoms with van der Waals surface area (Å²) < 4.78 is 17.7. The van der Waals surface area contributed by atoms with Crippen molar-refractivity contribution in [3.63, 3.8) is 0 Å². The van der Waals surface area contributed by atoms with Crippen LogP contribution in [0.25, 0.3) is 0 Å². The lowest BCUT2D eigenvalue weighted by Crippen LogP contribution is -2.61. The molecule has 1 saturated heterocycles. The SMILES string of the molecule is CCCCC/C=C\C/C=C\C/C=C\C/C=C\CCCCCCCCCCCCCC(=O)OC1C(OCC(NC(=O)C(O)CCCCCCCCCCCCCCCCCCCCCCCC)C(O)/C=C/CCCCCCCCCCCC)OC(CO)C(O)C1O. The molecule has 0 bridgehead atoms. The van der Waals surface area contributed by atoms with Gasteiger partial charge in [-0.1, -0.05) is 351 Å². The number of hydrogen-bond donors (Lipinski definition) is 6. The second kappa shape index (κ2) is 66.4.